The summed E-state index contributed by atoms with van der Waals surface area (Å²) in [6, 6.07) is 0. The van der Waals surface area contributed by atoms with Gasteiger partial charge in [0.25, 0.3) is 0 Å². The standard InChI is InChI=1S/C24H34O4/c1-23(21(25)27-3)17-11-7-5-9-13(11)19-15(17)16-18(23)12-8-6-10-14(12)20(16)24(19,2)22(26)28-4/h11-20H,5-10H2,1-4H3/t11-,12-,13-,14-,15?,16?,17-,18-,19-,20-,23?,24?/m0/s1. The first-order valence-corrected chi connectivity index (χ1v) is 11.6. The largest absolute Gasteiger partial charge is 0.469 e. The highest BCUT2D eigenvalue weighted by atomic mass is 16.5. The molecule has 6 aliphatic rings. The zero-order chi connectivity index (χ0) is 19.6. The van der Waals surface area contributed by atoms with E-state index < -0.39 is 0 Å². The Morgan fingerprint density at radius 3 is 1.18 bits per heavy atom. The van der Waals surface area contributed by atoms with Gasteiger partial charge in [0.2, 0.25) is 0 Å². The average molecular weight is 387 g/mol. The van der Waals surface area contributed by atoms with E-state index in [1.807, 2.05) is 0 Å². The third kappa shape index (κ3) is 1.59. The van der Waals surface area contributed by atoms with Gasteiger partial charge in [0.15, 0.2) is 0 Å². The molecule has 0 aliphatic heterocycles. The van der Waals surface area contributed by atoms with Crippen LogP contribution >= 0.6 is 0 Å². The maximum Gasteiger partial charge on any atom is 0.312 e. The molecule has 0 N–H and O–H groups in total. The lowest BCUT2D eigenvalue weighted by Gasteiger charge is -2.40. The normalized spacial score (nSPS) is 59.9. The summed E-state index contributed by atoms with van der Waals surface area (Å²) >= 11 is 0. The molecule has 0 radical (unpaired) electrons. The van der Waals surface area contributed by atoms with Crippen LogP contribution in [0.15, 0.2) is 0 Å². The molecule has 0 aromatic heterocycles. The van der Waals surface area contributed by atoms with Crippen molar-refractivity contribution in [1.29, 1.82) is 0 Å². The third-order valence-electron chi connectivity index (χ3n) is 11.2. The molecule has 0 spiro atoms. The van der Waals surface area contributed by atoms with Crippen molar-refractivity contribution < 1.29 is 19.1 Å². The third-order valence-corrected chi connectivity index (χ3v) is 11.2. The molecule has 4 nitrogen and oxygen atoms in total. The van der Waals surface area contributed by atoms with Crippen molar-refractivity contribution in [1.82, 2.24) is 0 Å². The summed E-state index contributed by atoms with van der Waals surface area (Å²) < 4.78 is 11.0. The molecule has 6 fully saturated rings. The van der Waals surface area contributed by atoms with E-state index in [0.717, 1.165) is 0 Å². The van der Waals surface area contributed by atoms with Crippen molar-refractivity contribution >= 4 is 11.9 Å². The first-order valence-electron chi connectivity index (χ1n) is 11.6. The Morgan fingerprint density at radius 2 is 0.929 bits per heavy atom. The van der Waals surface area contributed by atoms with Gasteiger partial charge in [-0.2, -0.15) is 0 Å². The summed E-state index contributed by atoms with van der Waals surface area (Å²) in [5.74, 6) is 5.10. The molecule has 6 aliphatic carbocycles. The maximum absolute atomic E-state index is 13.4. The van der Waals surface area contributed by atoms with E-state index in [1.54, 1.807) is 14.2 Å². The van der Waals surface area contributed by atoms with Crippen molar-refractivity contribution in [3.8, 4) is 0 Å². The van der Waals surface area contributed by atoms with E-state index in [9.17, 15) is 9.59 Å². The molecule has 6 rings (SSSR count). The lowest BCUT2D eigenvalue weighted by molar-refractivity contribution is -0.160. The first-order chi connectivity index (χ1) is 13.4. The van der Waals surface area contributed by atoms with Gasteiger partial charge in [-0.05, 0) is 98.7 Å². The minimum atomic E-state index is -0.356. The van der Waals surface area contributed by atoms with Crippen LogP contribution < -0.4 is 0 Å². The predicted octanol–water partition coefficient (Wildman–Crippen LogP) is 3.93. The minimum Gasteiger partial charge on any atom is -0.469 e. The Bertz CT molecular complexity index is 645. The van der Waals surface area contributed by atoms with E-state index >= 15 is 0 Å². The highest BCUT2D eigenvalue weighted by Gasteiger charge is 2.84. The highest BCUT2D eigenvalue weighted by molar-refractivity contribution is 5.81. The number of rotatable bonds is 2. The van der Waals surface area contributed by atoms with Crippen LogP contribution in [0, 0.1) is 70.0 Å². The van der Waals surface area contributed by atoms with Crippen LogP contribution in [0.2, 0.25) is 0 Å². The quantitative estimate of drug-likeness (QED) is 0.675. The molecule has 0 aromatic carbocycles. The van der Waals surface area contributed by atoms with Crippen molar-refractivity contribution in [2.75, 3.05) is 14.2 Å². The van der Waals surface area contributed by atoms with Gasteiger partial charge in [0.05, 0.1) is 25.0 Å². The summed E-state index contributed by atoms with van der Waals surface area (Å²) in [5.41, 5.74) is -0.711. The zero-order valence-electron chi connectivity index (χ0n) is 17.6. The van der Waals surface area contributed by atoms with E-state index in [2.05, 4.69) is 13.8 Å². The second-order valence-electron chi connectivity index (χ2n) is 11.3. The van der Waals surface area contributed by atoms with Crippen LogP contribution in [-0.2, 0) is 19.1 Å². The summed E-state index contributed by atoms with van der Waals surface area (Å²) in [4.78, 5) is 26.7. The highest BCUT2D eigenvalue weighted by Crippen LogP contribution is 2.84. The van der Waals surface area contributed by atoms with Crippen LogP contribution in [0.3, 0.4) is 0 Å². The Balaban J connectivity index is 1.59. The van der Waals surface area contributed by atoms with Crippen LogP contribution in [0.25, 0.3) is 0 Å². The summed E-state index contributed by atoms with van der Waals surface area (Å²) in [6.07, 6.45) is 7.40. The second kappa shape index (κ2) is 5.35. The van der Waals surface area contributed by atoms with Gasteiger partial charge in [0, 0.05) is 0 Å². The lowest BCUT2D eigenvalue weighted by atomic mass is 9.63. The Hall–Kier alpha value is -1.06. The molecule has 8 atom stereocenters. The van der Waals surface area contributed by atoms with Gasteiger partial charge < -0.3 is 9.47 Å². The zero-order valence-corrected chi connectivity index (χ0v) is 17.6. The number of esters is 2. The summed E-state index contributed by atoms with van der Waals surface area (Å²) in [5, 5.41) is 0. The lowest BCUT2D eigenvalue weighted by Crippen LogP contribution is -2.44. The van der Waals surface area contributed by atoms with Crippen LogP contribution in [-0.4, -0.2) is 26.2 Å². The Labute approximate surface area is 168 Å². The van der Waals surface area contributed by atoms with Crippen molar-refractivity contribution in [3.05, 3.63) is 0 Å². The molecular formula is C24H34O4. The fourth-order valence-electron chi connectivity index (χ4n) is 11.2. The molecule has 0 heterocycles. The number of fused-ring (bicyclic) bond motifs is 6. The molecular weight excluding hydrogens is 352 g/mol. The van der Waals surface area contributed by atoms with Crippen molar-refractivity contribution in [2.45, 2.75) is 52.4 Å². The predicted molar refractivity (Wildman–Crippen MR) is 103 cm³/mol. The van der Waals surface area contributed by atoms with E-state index in [1.165, 1.54) is 38.5 Å². The maximum atomic E-state index is 13.4. The summed E-state index contributed by atoms with van der Waals surface area (Å²) in [6.45, 7) is 4.52. The summed E-state index contributed by atoms with van der Waals surface area (Å²) in [7, 11) is 3.16. The van der Waals surface area contributed by atoms with Gasteiger partial charge in [-0.15, -0.1) is 0 Å². The topological polar surface area (TPSA) is 52.6 Å². The molecule has 4 heteroatoms. The molecule has 154 valence electrons. The first kappa shape index (κ1) is 17.8. The molecule has 0 saturated heterocycles. The van der Waals surface area contributed by atoms with Gasteiger partial charge in [-0.25, -0.2) is 0 Å². The van der Waals surface area contributed by atoms with Crippen LogP contribution in [0.5, 0.6) is 0 Å². The molecule has 0 aromatic rings. The Morgan fingerprint density at radius 1 is 0.643 bits per heavy atom. The number of carbonyl (C=O) groups excluding carboxylic acids is 2. The fourth-order valence-corrected chi connectivity index (χ4v) is 11.2. The van der Waals surface area contributed by atoms with Gasteiger partial charge in [0.1, 0.15) is 0 Å². The fraction of sp³-hybridized carbons (Fsp3) is 0.917. The van der Waals surface area contributed by atoms with Crippen molar-refractivity contribution in [3.63, 3.8) is 0 Å². The average Bonchev–Trinajstić information content (AvgIpc) is 3.45. The van der Waals surface area contributed by atoms with Gasteiger partial charge in [-0.1, -0.05) is 12.8 Å². The van der Waals surface area contributed by atoms with E-state index in [0.29, 0.717) is 59.2 Å². The molecule has 0 unspecified atom stereocenters. The van der Waals surface area contributed by atoms with Crippen molar-refractivity contribution in [2.24, 2.45) is 70.0 Å². The van der Waals surface area contributed by atoms with Crippen LogP contribution in [0.4, 0.5) is 0 Å². The van der Waals surface area contributed by atoms with E-state index in [-0.39, 0.29) is 22.8 Å². The molecule has 6 saturated carbocycles. The monoisotopic (exact) mass is 386 g/mol. The second-order valence-corrected chi connectivity index (χ2v) is 11.3. The molecule has 0 amide bonds. The van der Waals surface area contributed by atoms with Crippen LogP contribution in [0.1, 0.15) is 52.4 Å². The number of methoxy groups -OCH3 is 2. The smallest absolute Gasteiger partial charge is 0.312 e. The Kier molecular flexibility index (Phi) is 3.39. The molecule has 28 heavy (non-hydrogen) atoms. The minimum absolute atomic E-state index is 0.0364. The number of hydrogen-bond donors (Lipinski definition) is 0. The number of hydrogen-bond acceptors (Lipinski definition) is 4. The van der Waals surface area contributed by atoms with Gasteiger partial charge >= 0.3 is 11.9 Å². The number of carbonyl (C=O) groups is 2. The molecule has 0 bridgehead atoms. The number of ether oxygens (including phenoxy) is 2. The van der Waals surface area contributed by atoms with Gasteiger partial charge in [-0.3, -0.25) is 9.59 Å². The van der Waals surface area contributed by atoms with E-state index in [4.69, 9.17) is 9.47 Å². The SMILES string of the molecule is COC(=O)C1(C)[C@@H]2C3C4[C@@H]1[C@H]1CCC[C@@H]1[C@@H]4C(C)(C(=O)OC)[C@H]3[C@H]1CCC[C@@H]12.